The van der Waals surface area contributed by atoms with Crippen LogP contribution in [0, 0.1) is 0 Å². The maximum Gasteiger partial charge on any atom is 0.158 e. The van der Waals surface area contributed by atoms with Gasteiger partial charge in [-0.25, -0.2) is 4.98 Å². The minimum atomic E-state index is 0.678. The summed E-state index contributed by atoms with van der Waals surface area (Å²) in [6.07, 6.45) is 1.86. The molecule has 1 aliphatic rings. The zero-order valence-electron chi connectivity index (χ0n) is 18.4. The molecule has 0 atom stereocenters. The Morgan fingerprint density at radius 2 is 1.38 bits per heavy atom. The second-order valence-corrected chi connectivity index (χ2v) is 8.48. The Bertz CT molecular complexity index is 1640. The summed E-state index contributed by atoms with van der Waals surface area (Å²) in [6.45, 7) is 0.678. The van der Waals surface area contributed by atoms with Gasteiger partial charge in [-0.1, -0.05) is 66.7 Å². The van der Waals surface area contributed by atoms with Gasteiger partial charge in [-0.05, 0) is 48.0 Å². The second-order valence-electron chi connectivity index (χ2n) is 8.48. The highest BCUT2D eigenvalue weighted by molar-refractivity contribution is 6.16. The molecule has 6 aromatic rings. The van der Waals surface area contributed by atoms with Crippen LogP contribution in [0.2, 0.25) is 0 Å². The molecule has 4 heteroatoms. The van der Waals surface area contributed by atoms with E-state index in [0.29, 0.717) is 6.67 Å². The van der Waals surface area contributed by atoms with Crippen molar-refractivity contribution in [3.8, 4) is 11.1 Å². The van der Waals surface area contributed by atoms with Crippen molar-refractivity contribution in [2.75, 3.05) is 16.5 Å². The molecule has 4 aromatic carbocycles. The number of furan rings is 1. The molecule has 0 saturated heterocycles. The fourth-order valence-electron chi connectivity index (χ4n) is 5.04. The topological polar surface area (TPSA) is 32.5 Å². The average Bonchev–Trinajstić information content (AvgIpc) is 3.48. The normalized spacial score (nSPS) is 13.1. The molecule has 0 radical (unpaired) electrons. The highest BCUT2D eigenvalue weighted by Crippen LogP contribution is 2.48. The Balaban J connectivity index is 1.51. The Kier molecular flexibility index (Phi) is 4.18. The smallest absolute Gasteiger partial charge is 0.158 e. The van der Waals surface area contributed by atoms with Gasteiger partial charge in [0.2, 0.25) is 0 Å². The number of pyridine rings is 1. The third-order valence-corrected chi connectivity index (χ3v) is 6.54. The molecule has 7 rings (SSSR count). The summed E-state index contributed by atoms with van der Waals surface area (Å²) in [5, 5.41) is 2.27. The molecule has 0 unspecified atom stereocenters. The van der Waals surface area contributed by atoms with Crippen LogP contribution in [-0.4, -0.2) is 11.7 Å². The summed E-state index contributed by atoms with van der Waals surface area (Å²) in [5.41, 5.74) is 7.50. The molecule has 0 aliphatic carbocycles. The molecule has 0 spiro atoms. The maximum absolute atomic E-state index is 6.25. The van der Waals surface area contributed by atoms with Crippen LogP contribution in [0.4, 0.5) is 22.9 Å². The molecule has 0 amide bonds. The van der Waals surface area contributed by atoms with Crippen LogP contribution in [0.1, 0.15) is 0 Å². The lowest BCUT2D eigenvalue weighted by Crippen LogP contribution is -2.24. The van der Waals surface area contributed by atoms with E-state index in [4.69, 9.17) is 9.40 Å². The Morgan fingerprint density at radius 3 is 2.24 bits per heavy atom. The monoisotopic (exact) mass is 439 g/mol. The van der Waals surface area contributed by atoms with Crippen molar-refractivity contribution in [3.05, 3.63) is 115 Å². The highest BCUT2D eigenvalue weighted by atomic mass is 16.3. The van der Waals surface area contributed by atoms with Crippen molar-refractivity contribution >= 4 is 44.8 Å². The molecule has 162 valence electrons. The van der Waals surface area contributed by atoms with Crippen molar-refractivity contribution in [1.29, 1.82) is 0 Å². The third kappa shape index (κ3) is 2.82. The van der Waals surface area contributed by atoms with E-state index in [1.54, 1.807) is 0 Å². The van der Waals surface area contributed by atoms with Crippen LogP contribution in [0.5, 0.6) is 0 Å². The van der Waals surface area contributed by atoms with Gasteiger partial charge in [0.25, 0.3) is 0 Å². The molecule has 0 bridgehead atoms. The van der Waals surface area contributed by atoms with Crippen LogP contribution in [0.3, 0.4) is 0 Å². The summed E-state index contributed by atoms with van der Waals surface area (Å²) < 4.78 is 6.25. The number of para-hydroxylation sites is 2. The van der Waals surface area contributed by atoms with Gasteiger partial charge in [-0.15, -0.1) is 0 Å². The number of hydrogen-bond donors (Lipinski definition) is 0. The fourth-order valence-corrected chi connectivity index (χ4v) is 5.04. The van der Waals surface area contributed by atoms with E-state index in [1.165, 1.54) is 11.1 Å². The van der Waals surface area contributed by atoms with Crippen molar-refractivity contribution in [2.45, 2.75) is 0 Å². The largest absolute Gasteiger partial charge is 0.456 e. The van der Waals surface area contributed by atoms with E-state index < -0.39 is 0 Å². The second kappa shape index (κ2) is 7.49. The van der Waals surface area contributed by atoms with Gasteiger partial charge in [0.15, 0.2) is 5.82 Å². The van der Waals surface area contributed by atoms with Crippen LogP contribution >= 0.6 is 0 Å². The summed E-state index contributed by atoms with van der Waals surface area (Å²) >= 11 is 0. The number of hydrogen-bond acceptors (Lipinski definition) is 4. The van der Waals surface area contributed by atoms with Crippen molar-refractivity contribution in [2.24, 2.45) is 0 Å². The molecule has 3 heterocycles. The van der Waals surface area contributed by atoms with E-state index in [0.717, 1.165) is 44.8 Å². The minimum absolute atomic E-state index is 0.678. The first-order chi connectivity index (χ1) is 16.9. The van der Waals surface area contributed by atoms with E-state index in [2.05, 4.69) is 94.7 Å². The standard InChI is InChI=1S/C30H21N3O/c1-3-10-21(11-4-1)28-24(17-18-27-29(28)23-14-7-8-16-26(23)34-27)33-20-32(22-12-5-2-6-13-22)30-25(33)15-9-19-31-30/h1-19H,20H2. The maximum atomic E-state index is 6.25. The van der Waals surface area contributed by atoms with Crippen molar-refractivity contribution in [1.82, 2.24) is 4.98 Å². The fraction of sp³-hybridized carbons (Fsp3) is 0.0333. The predicted molar refractivity (Wildman–Crippen MR) is 139 cm³/mol. The molecule has 1 aliphatic heterocycles. The molecule has 0 saturated carbocycles. The van der Waals surface area contributed by atoms with Gasteiger partial charge in [0, 0.05) is 28.2 Å². The van der Waals surface area contributed by atoms with Gasteiger partial charge in [0.1, 0.15) is 17.8 Å². The summed E-state index contributed by atoms with van der Waals surface area (Å²) in [6, 6.07) is 37.8. The zero-order chi connectivity index (χ0) is 22.5. The molecule has 0 fully saturated rings. The Morgan fingerprint density at radius 1 is 0.618 bits per heavy atom. The van der Waals surface area contributed by atoms with Gasteiger partial charge in [0.05, 0.1) is 11.4 Å². The number of benzene rings is 4. The van der Waals surface area contributed by atoms with E-state index >= 15 is 0 Å². The number of nitrogens with zero attached hydrogens (tertiary/aromatic N) is 3. The van der Waals surface area contributed by atoms with E-state index in [1.807, 2.05) is 30.5 Å². The lowest BCUT2D eigenvalue weighted by molar-refractivity contribution is 0.669. The Hall–Kier alpha value is -4.57. The minimum Gasteiger partial charge on any atom is -0.456 e. The summed E-state index contributed by atoms with van der Waals surface area (Å²) in [4.78, 5) is 9.39. The van der Waals surface area contributed by atoms with E-state index in [-0.39, 0.29) is 0 Å². The highest BCUT2D eigenvalue weighted by Gasteiger charge is 2.31. The molecular weight excluding hydrogens is 418 g/mol. The lowest BCUT2D eigenvalue weighted by Gasteiger charge is -2.24. The van der Waals surface area contributed by atoms with Crippen LogP contribution in [-0.2, 0) is 0 Å². The third-order valence-electron chi connectivity index (χ3n) is 6.54. The van der Waals surface area contributed by atoms with Crippen LogP contribution in [0.25, 0.3) is 33.1 Å². The Labute approximate surface area is 197 Å². The number of rotatable bonds is 3. The molecular formula is C30H21N3O. The zero-order valence-corrected chi connectivity index (χ0v) is 18.4. The summed E-state index contributed by atoms with van der Waals surface area (Å²) in [5.74, 6) is 0.963. The van der Waals surface area contributed by atoms with Crippen LogP contribution in [0.15, 0.2) is 120 Å². The summed E-state index contributed by atoms with van der Waals surface area (Å²) in [7, 11) is 0. The quantitative estimate of drug-likeness (QED) is 0.281. The number of fused-ring (bicyclic) bond motifs is 4. The predicted octanol–water partition coefficient (Wildman–Crippen LogP) is 7.90. The SMILES string of the molecule is c1ccc(-c2c(N3CN(c4ccccc4)c4ncccc43)ccc3oc4ccccc4c23)cc1. The van der Waals surface area contributed by atoms with Crippen molar-refractivity contribution in [3.63, 3.8) is 0 Å². The lowest BCUT2D eigenvalue weighted by atomic mass is 9.97. The number of aromatic nitrogens is 1. The molecule has 34 heavy (non-hydrogen) atoms. The molecule has 4 nitrogen and oxygen atoms in total. The van der Waals surface area contributed by atoms with Gasteiger partial charge in [-0.2, -0.15) is 0 Å². The van der Waals surface area contributed by atoms with E-state index in [9.17, 15) is 0 Å². The van der Waals surface area contributed by atoms with Crippen molar-refractivity contribution < 1.29 is 4.42 Å². The molecule has 2 aromatic heterocycles. The van der Waals surface area contributed by atoms with Gasteiger partial charge in [-0.3, -0.25) is 0 Å². The molecule has 0 N–H and O–H groups in total. The first-order valence-electron chi connectivity index (χ1n) is 11.4. The average molecular weight is 440 g/mol. The van der Waals surface area contributed by atoms with Gasteiger partial charge < -0.3 is 14.2 Å². The number of anilines is 4. The first-order valence-corrected chi connectivity index (χ1v) is 11.4. The van der Waals surface area contributed by atoms with Gasteiger partial charge >= 0.3 is 0 Å². The first kappa shape index (κ1) is 18.9. The van der Waals surface area contributed by atoms with Crippen LogP contribution < -0.4 is 9.80 Å².